The van der Waals surface area contributed by atoms with E-state index in [0.717, 1.165) is 38.5 Å². The molecule has 22 nitrogen and oxygen atoms in total. The van der Waals surface area contributed by atoms with Gasteiger partial charge in [0.1, 0.15) is 91.1 Å². The molecule has 29 atom stereocenters. The summed E-state index contributed by atoms with van der Waals surface area (Å²) in [4.78, 5) is 0. The summed E-state index contributed by atoms with van der Waals surface area (Å²) in [6.45, 7) is 14.0. The van der Waals surface area contributed by atoms with Crippen LogP contribution in [0.15, 0.2) is 11.1 Å². The Balaban J connectivity index is 1.09. The predicted octanol–water partition coefficient (Wildman–Crippen LogP) is -1.42. The van der Waals surface area contributed by atoms with Gasteiger partial charge in [0, 0.05) is 5.92 Å². The maximum absolute atomic E-state index is 13.1. The molecule has 0 radical (unpaired) electrons. The lowest BCUT2D eigenvalue weighted by Crippen LogP contribution is -2.69. The zero-order chi connectivity index (χ0) is 55.0. The van der Waals surface area contributed by atoms with Gasteiger partial charge in [0.25, 0.3) is 0 Å². The first-order valence-electron chi connectivity index (χ1n) is 27.5. The molecule has 0 amide bonds. The molecule has 0 spiro atoms. The third-order valence-electron chi connectivity index (χ3n) is 19.9. The van der Waals surface area contributed by atoms with Crippen molar-refractivity contribution >= 4 is 0 Å². The first-order chi connectivity index (χ1) is 35.2. The largest absolute Gasteiger partial charge is 0.394 e. The Labute approximate surface area is 439 Å². The van der Waals surface area contributed by atoms with Gasteiger partial charge in [-0.2, -0.15) is 0 Å². The topological polar surface area (TPSA) is 357 Å². The minimum atomic E-state index is -2.01. The van der Waals surface area contributed by atoms with Gasteiger partial charge < -0.3 is 109 Å². The minimum absolute atomic E-state index is 0.00835. The third kappa shape index (κ3) is 10.6. The fourth-order valence-electron chi connectivity index (χ4n) is 15.4. The highest BCUT2D eigenvalue weighted by Gasteiger charge is 2.66. The molecule has 4 aliphatic carbocycles. The summed E-state index contributed by atoms with van der Waals surface area (Å²) in [5.41, 5.74) is 0.131. The molecule has 8 aliphatic rings. The SMILES string of the molecule is CC(C)C[C@H](O)C[C@@H](C)[C@H]1CC[C@@]2(C)C3=C(CC[C@]12C)[C@@]1(C)CC[C@H](O[C@@H]2OC(CO)[C@@H](O)C(OC4O[C@@H](C)C(O)[C@H](O)[C@@H]4O)[C@@H]2OC2O[C@@H](C)C(O)[C@H](O[C@@H]4OC(CO)[C@@H](O)C(O)[C@@H]4O)[C@@H]2O)[C@](O)(CO)C1CC3. The van der Waals surface area contributed by atoms with Crippen molar-refractivity contribution in [3.8, 4) is 0 Å². The Morgan fingerprint density at radius 1 is 0.547 bits per heavy atom. The standard InChI is InChI=1S/C53H90O22/c1-22(2)17-26(57)18-23(3)27-11-15-52(8)29-9-10-32-50(6,28(29)12-16-51(27,52)7)14-13-33(53(32,67)21-56)72-49-45(44(37(61)31(20-55)71-49)74-46-40(64)38(62)34(58)24(4)68-46)75-48-42(66)43(35(59)25(5)69-48)73-47-41(65)39(63)36(60)30(19-54)70-47/h22-27,30-49,54-67H,9-21H2,1-8H3/t23-,24+,25+,26+,27-,30?,31?,32?,33+,34?,35?,36-,37-,38+,39?,40+,41+,42+,43+,44?,45+,46?,47+,48?,49+,50-,51-,52+,53+/m1/s1. The van der Waals surface area contributed by atoms with E-state index in [0.29, 0.717) is 37.0 Å². The van der Waals surface area contributed by atoms with Crippen LogP contribution in [0.3, 0.4) is 0 Å². The van der Waals surface area contributed by atoms with Gasteiger partial charge in [-0.25, -0.2) is 0 Å². The summed E-state index contributed by atoms with van der Waals surface area (Å²) in [6.07, 6.45) is -28.2. The van der Waals surface area contributed by atoms with E-state index in [4.69, 9.17) is 37.9 Å². The lowest BCUT2D eigenvalue weighted by atomic mass is 9.44. The zero-order valence-corrected chi connectivity index (χ0v) is 44.7. The van der Waals surface area contributed by atoms with Crippen LogP contribution in [0.1, 0.15) is 120 Å². The number of aliphatic hydroxyl groups excluding tert-OH is 13. The Hall–Kier alpha value is -1.14. The molecule has 434 valence electrons. The molecule has 8 rings (SSSR count). The molecular weight excluding hydrogens is 989 g/mol. The highest BCUT2D eigenvalue weighted by Crippen LogP contribution is 2.72. The van der Waals surface area contributed by atoms with E-state index < -0.39 is 166 Å². The molecule has 2 saturated carbocycles. The molecule has 9 unspecified atom stereocenters. The van der Waals surface area contributed by atoms with Crippen molar-refractivity contribution in [1.82, 2.24) is 0 Å². The van der Waals surface area contributed by atoms with E-state index >= 15 is 0 Å². The average molecular weight is 1080 g/mol. The van der Waals surface area contributed by atoms with E-state index in [1.54, 1.807) is 0 Å². The Morgan fingerprint density at radius 2 is 1.11 bits per heavy atom. The Bertz CT molecular complexity index is 1950. The molecule has 4 aliphatic heterocycles. The lowest BCUT2D eigenvalue weighted by molar-refractivity contribution is -0.405. The summed E-state index contributed by atoms with van der Waals surface area (Å²) in [6, 6.07) is 0. The monoisotopic (exact) mass is 1080 g/mol. The third-order valence-corrected chi connectivity index (χ3v) is 19.9. The van der Waals surface area contributed by atoms with E-state index in [1.165, 1.54) is 25.0 Å². The van der Waals surface area contributed by atoms with E-state index in [-0.39, 0.29) is 23.4 Å². The van der Waals surface area contributed by atoms with E-state index in [9.17, 15) is 71.5 Å². The summed E-state index contributed by atoms with van der Waals surface area (Å²) in [7, 11) is 0. The van der Waals surface area contributed by atoms with Crippen LogP contribution in [-0.2, 0) is 37.9 Å². The maximum Gasteiger partial charge on any atom is 0.187 e. The first-order valence-corrected chi connectivity index (χ1v) is 27.5. The second-order valence-corrected chi connectivity index (χ2v) is 24.8. The number of aliphatic hydroxyl groups is 14. The molecule has 14 N–H and O–H groups in total. The molecule has 0 aromatic carbocycles. The van der Waals surface area contributed by atoms with Crippen molar-refractivity contribution in [2.24, 2.45) is 39.9 Å². The summed E-state index contributed by atoms with van der Waals surface area (Å²) in [5, 5.41) is 155. The molecule has 75 heavy (non-hydrogen) atoms. The van der Waals surface area contributed by atoms with Crippen LogP contribution < -0.4 is 0 Å². The lowest BCUT2D eigenvalue weighted by Gasteiger charge is -2.62. The molecule has 0 aromatic heterocycles. The van der Waals surface area contributed by atoms with Gasteiger partial charge in [-0.3, -0.25) is 0 Å². The first kappa shape index (κ1) is 60.0. The van der Waals surface area contributed by atoms with Crippen molar-refractivity contribution in [2.75, 3.05) is 19.8 Å². The Morgan fingerprint density at radius 3 is 1.73 bits per heavy atom. The minimum Gasteiger partial charge on any atom is -0.394 e. The number of fused-ring (bicyclic) bond motifs is 4. The second kappa shape index (κ2) is 23.0. The number of rotatable bonds is 16. The number of hydrogen-bond acceptors (Lipinski definition) is 22. The van der Waals surface area contributed by atoms with Crippen molar-refractivity contribution in [2.45, 2.75) is 260 Å². The van der Waals surface area contributed by atoms with Gasteiger partial charge in [-0.05, 0) is 112 Å². The maximum atomic E-state index is 13.1. The number of ether oxygens (including phenoxy) is 8. The van der Waals surface area contributed by atoms with Crippen LogP contribution in [0.2, 0.25) is 0 Å². The molecule has 4 heterocycles. The highest BCUT2D eigenvalue weighted by molar-refractivity contribution is 5.39. The van der Waals surface area contributed by atoms with Gasteiger partial charge in [0.2, 0.25) is 0 Å². The van der Waals surface area contributed by atoms with Crippen molar-refractivity contribution < 1.29 is 109 Å². The molecular formula is C53H90O22. The summed E-state index contributed by atoms with van der Waals surface area (Å²) >= 11 is 0. The Kier molecular flexibility index (Phi) is 18.4. The highest BCUT2D eigenvalue weighted by atomic mass is 16.8. The van der Waals surface area contributed by atoms with E-state index in [1.807, 2.05) is 0 Å². The molecule has 6 fully saturated rings. The second-order valence-electron chi connectivity index (χ2n) is 24.8. The molecule has 0 aromatic rings. The van der Waals surface area contributed by atoms with Gasteiger partial charge in [0.05, 0.1) is 44.2 Å². The average Bonchev–Trinajstić information content (AvgIpc) is 3.65. The summed E-state index contributed by atoms with van der Waals surface area (Å²) < 4.78 is 48.8. The van der Waals surface area contributed by atoms with Gasteiger partial charge >= 0.3 is 0 Å². The van der Waals surface area contributed by atoms with Crippen molar-refractivity contribution in [3.05, 3.63) is 11.1 Å². The van der Waals surface area contributed by atoms with Crippen LogP contribution in [-0.4, -0.2) is 232 Å². The van der Waals surface area contributed by atoms with Crippen molar-refractivity contribution in [3.63, 3.8) is 0 Å². The van der Waals surface area contributed by atoms with Crippen LogP contribution in [0.4, 0.5) is 0 Å². The van der Waals surface area contributed by atoms with Crippen LogP contribution in [0.5, 0.6) is 0 Å². The normalized spacial score (nSPS) is 52.3. The molecule has 22 heteroatoms. The van der Waals surface area contributed by atoms with Crippen molar-refractivity contribution in [1.29, 1.82) is 0 Å². The fourth-order valence-corrected chi connectivity index (χ4v) is 15.4. The van der Waals surface area contributed by atoms with Crippen LogP contribution in [0, 0.1) is 39.9 Å². The van der Waals surface area contributed by atoms with Crippen LogP contribution >= 0.6 is 0 Å². The number of hydrogen-bond donors (Lipinski definition) is 14. The number of allylic oxidation sites excluding steroid dienone is 2. The zero-order valence-electron chi connectivity index (χ0n) is 44.7. The van der Waals surface area contributed by atoms with Gasteiger partial charge in [0.15, 0.2) is 25.2 Å². The van der Waals surface area contributed by atoms with Gasteiger partial charge in [-0.1, -0.05) is 52.7 Å². The quantitative estimate of drug-likeness (QED) is 0.0789. The molecule has 0 bridgehead atoms. The fraction of sp³-hybridized carbons (Fsp3) is 0.962. The molecule has 4 saturated heterocycles. The van der Waals surface area contributed by atoms with Gasteiger partial charge in [-0.15, -0.1) is 0 Å². The smallest absolute Gasteiger partial charge is 0.187 e. The van der Waals surface area contributed by atoms with Crippen LogP contribution in [0.25, 0.3) is 0 Å². The van der Waals surface area contributed by atoms with E-state index in [2.05, 4.69) is 41.5 Å². The predicted molar refractivity (Wildman–Crippen MR) is 260 cm³/mol. The summed E-state index contributed by atoms with van der Waals surface area (Å²) in [5.74, 6) is 0.627.